The molecule has 1 aliphatic carbocycles. The van der Waals surface area contributed by atoms with Crippen molar-refractivity contribution in [3.8, 4) is 5.69 Å². The first-order valence-electron chi connectivity index (χ1n) is 9.33. The molecular weight excluding hydrogens is 434 g/mol. The second-order valence-electron chi connectivity index (χ2n) is 7.16. The number of nitrogens with one attached hydrogen (secondary N) is 2. The Labute approximate surface area is 176 Å². The highest BCUT2D eigenvalue weighted by atomic mass is 79.9. The van der Waals surface area contributed by atoms with Gasteiger partial charge in [-0.25, -0.2) is 4.68 Å². The number of anilines is 2. The number of hydrogen-bond donors (Lipinski definition) is 2. The third kappa shape index (κ3) is 4.22. The summed E-state index contributed by atoms with van der Waals surface area (Å²) in [6.45, 7) is 3.70. The normalized spacial score (nSPS) is 13.2. The lowest BCUT2D eigenvalue weighted by Gasteiger charge is -2.11. The van der Waals surface area contributed by atoms with Crippen LogP contribution in [-0.4, -0.2) is 26.8 Å². The molecule has 2 aromatic carbocycles. The van der Waals surface area contributed by atoms with Gasteiger partial charge in [0.1, 0.15) is 0 Å². The third-order valence-electron chi connectivity index (χ3n) is 4.86. The Hall–Kier alpha value is -3.00. The molecule has 3 aromatic rings. The first-order valence-corrected chi connectivity index (χ1v) is 10.1. The molecule has 2 amide bonds. The van der Waals surface area contributed by atoms with E-state index in [2.05, 4.69) is 36.9 Å². The molecule has 1 heterocycles. The van der Waals surface area contributed by atoms with Crippen molar-refractivity contribution in [2.24, 2.45) is 5.92 Å². The molecule has 2 N–H and O–H groups in total. The van der Waals surface area contributed by atoms with Gasteiger partial charge in [-0.3, -0.25) is 9.59 Å². The monoisotopic (exact) mass is 453 g/mol. The summed E-state index contributed by atoms with van der Waals surface area (Å²) in [6, 6.07) is 13.1. The highest BCUT2D eigenvalue weighted by molar-refractivity contribution is 9.10. The minimum absolute atomic E-state index is 0.0268. The molecule has 7 nitrogen and oxygen atoms in total. The Balaban J connectivity index is 1.54. The van der Waals surface area contributed by atoms with Gasteiger partial charge in [0.2, 0.25) is 5.91 Å². The average molecular weight is 454 g/mol. The molecule has 1 fully saturated rings. The van der Waals surface area contributed by atoms with Gasteiger partial charge in [0.15, 0.2) is 5.69 Å². The van der Waals surface area contributed by atoms with Crippen LogP contribution in [0.3, 0.4) is 0 Å². The summed E-state index contributed by atoms with van der Waals surface area (Å²) in [7, 11) is 0. The van der Waals surface area contributed by atoms with E-state index in [0.29, 0.717) is 17.1 Å². The first-order chi connectivity index (χ1) is 13.9. The van der Waals surface area contributed by atoms with Crippen LogP contribution < -0.4 is 10.6 Å². The van der Waals surface area contributed by atoms with Crippen LogP contribution in [0.2, 0.25) is 0 Å². The highest BCUT2D eigenvalue weighted by Crippen LogP contribution is 2.31. The van der Waals surface area contributed by atoms with E-state index in [1.165, 1.54) is 0 Å². The Morgan fingerprint density at radius 2 is 1.90 bits per heavy atom. The molecule has 0 saturated heterocycles. The summed E-state index contributed by atoms with van der Waals surface area (Å²) in [5.41, 5.74) is 3.87. The number of nitrogens with zero attached hydrogens (tertiary/aromatic N) is 3. The first kappa shape index (κ1) is 19.3. The highest BCUT2D eigenvalue weighted by Gasteiger charge is 2.29. The van der Waals surface area contributed by atoms with Crippen molar-refractivity contribution in [1.29, 1.82) is 0 Å². The molecule has 8 heteroatoms. The topological polar surface area (TPSA) is 88.9 Å². The minimum Gasteiger partial charge on any atom is -0.326 e. The Morgan fingerprint density at radius 1 is 1.10 bits per heavy atom. The summed E-state index contributed by atoms with van der Waals surface area (Å²) < 4.78 is 2.54. The fourth-order valence-corrected chi connectivity index (χ4v) is 3.39. The van der Waals surface area contributed by atoms with Gasteiger partial charge in [-0.2, -0.15) is 0 Å². The Bertz CT molecular complexity index is 1100. The van der Waals surface area contributed by atoms with Crippen LogP contribution in [0.4, 0.5) is 11.4 Å². The van der Waals surface area contributed by atoms with E-state index in [4.69, 9.17) is 0 Å². The molecule has 1 aliphatic rings. The van der Waals surface area contributed by atoms with Crippen molar-refractivity contribution >= 4 is 39.1 Å². The number of amides is 2. The smallest absolute Gasteiger partial charge is 0.278 e. The maximum absolute atomic E-state index is 12.8. The van der Waals surface area contributed by atoms with Gasteiger partial charge >= 0.3 is 0 Å². The molecule has 0 bridgehead atoms. The second-order valence-corrected chi connectivity index (χ2v) is 8.08. The number of hydrogen-bond acceptors (Lipinski definition) is 4. The summed E-state index contributed by atoms with van der Waals surface area (Å²) >= 11 is 3.44. The van der Waals surface area contributed by atoms with Gasteiger partial charge in [0, 0.05) is 21.8 Å². The predicted octanol–water partition coefficient (Wildman–Crippen LogP) is 4.25. The Morgan fingerprint density at radius 3 is 2.62 bits per heavy atom. The molecule has 0 unspecified atom stereocenters. The van der Waals surface area contributed by atoms with E-state index < -0.39 is 0 Å². The van der Waals surface area contributed by atoms with Crippen molar-refractivity contribution in [3.63, 3.8) is 0 Å². The molecule has 1 aromatic heterocycles. The van der Waals surface area contributed by atoms with E-state index in [0.717, 1.165) is 28.6 Å². The van der Waals surface area contributed by atoms with E-state index in [1.807, 2.05) is 43.3 Å². The molecule has 4 rings (SSSR count). The second kappa shape index (κ2) is 7.79. The number of aromatic nitrogens is 3. The van der Waals surface area contributed by atoms with E-state index in [-0.39, 0.29) is 23.4 Å². The third-order valence-corrected chi connectivity index (χ3v) is 5.36. The van der Waals surface area contributed by atoms with Crippen LogP contribution in [0.5, 0.6) is 0 Å². The van der Waals surface area contributed by atoms with Gasteiger partial charge in [0.25, 0.3) is 5.91 Å². The van der Waals surface area contributed by atoms with Crippen molar-refractivity contribution in [2.45, 2.75) is 26.7 Å². The van der Waals surface area contributed by atoms with Crippen LogP contribution >= 0.6 is 15.9 Å². The quantitative estimate of drug-likeness (QED) is 0.604. The summed E-state index contributed by atoms with van der Waals surface area (Å²) in [5.74, 6) is -0.207. The number of halogens is 1. The number of carbonyl (C=O) groups excluding carboxylic acids is 2. The number of benzene rings is 2. The van der Waals surface area contributed by atoms with E-state index in [1.54, 1.807) is 17.7 Å². The average Bonchev–Trinajstić information content (AvgIpc) is 3.47. The summed E-state index contributed by atoms with van der Waals surface area (Å²) in [5, 5.41) is 14.0. The largest absolute Gasteiger partial charge is 0.326 e. The maximum Gasteiger partial charge on any atom is 0.278 e. The van der Waals surface area contributed by atoms with Crippen LogP contribution in [0.15, 0.2) is 46.9 Å². The lowest BCUT2D eigenvalue weighted by molar-refractivity contribution is -0.117. The molecule has 0 radical (unpaired) electrons. The fourth-order valence-electron chi connectivity index (χ4n) is 3.00. The zero-order valence-corrected chi connectivity index (χ0v) is 17.7. The van der Waals surface area contributed by atoms with Crippen molar-refractivity contribution in [1.82, 2.24) is 15.0 Å². The standard InChI is InChI=1S/C21H20BrN5O2/c1-12-6-9-16(23-20(28)14-7-8-14)11-18(12)24-21(29)19-13(2)27(26-25-19)17-5-3-4-15(22)10-17/h3-6,9-11,14H,7-8H2,1-2H3,(H,23,28)(H,24,29). The summed E-state index contributed by atoms with van der Waals surface area (Å²) in [6.07, 6.45) is 1.88. The SMILES string of the molecule is Cc1ccc(NC(=O)C2CC2)cc1NC(=O)c1nnn(-c2cccc(Br)c2)c1C. The van der Waals surface area contributed by atoms with Gasteiger partial charge < -0.3 is 10.6 Å². The lowest BCUT2D eigenvalue weighted by atomic mass is 10.1. The zero-order valence-electron chi connectivity index (χ0n) is 16.1. The molecule has 0 spiro atoms. The predicted molar refractivity (Wildman–Crippen MR) is 114 cm³/mol. The maximum atomic E-state index is 12.8. The molecule has 0 atom stereocenters. The van der Waals surface area contributed by atoms with E-state index >= 15 is 0 Å². The van der Waals surface area contributed by atoms with Gasteiger partial charge in [-0.1, -0.05) is 33.3 Å². The van der Waals surface area contributed by atoms with Crippen molar-refractivity contribution < 1.29 is 9.59 Å². The summed E-state index contributed by atoms with van der Waals surface area (Å²) in [4.78, 5) is 24.8. The van der Waals surface area contributed by atoms with Crippen LogP contribution in [0.1, 0.15) is 34.6 Å². The molecule has 0 aliphatic heterocycles. The minimum atomic E-state index is -0.350. The number of carbonyl (C=O) groups is 2. The van der Waals surface area contributed by atoms with Crippen molar-refractivity contribution in [2.75, 3.05) is 10.6 Å². The van der Waals surface area contributed by atoms with Crippen molar-refractivity contribution in [3.05, 3.63) is 63.9 Å². The lowest BCUT2D eigenvalue weighted by Crippen LogP contribution is -2.16. The Kier molecular flexibility index (Phi) is 5.19. The molecule has 29 heavy (non-hydrogen) atoms. The molecule has 1 saturated carbocycles. The zero-order chi connectivity index (χ0) is 20.5. The van der Waals surface area contributed by atoms with Crippen LogP contribution in [0.25, 0.3) is 5.69 Å². The van der Waals surface area contributed by atoms with Gasteiger partial charge in [-0.05, 0) is 62.6 Å². The van der Waals surface area contributed by atoms with E-state index in [9.17, 15) is 9.59 Å². The fraction of sp³-hybridized carbons (Fsp3) is 0.238. The molecular formula is C21H20BrN5O2. The van der Waals surface area contributed by atoms with Gasteiger partial charge in [0.05, 0.1) is 11.4 Å². The number of rotatable bonds is 5. The molecule has 148 valence electrons. The number of aryl methyl sites for hydroxylation is 1. The van der Waals surface area contributed by atoms with Crippen LogP contribution in [0, 0.1) is 19.8 Å². The van der Waals surface area contributed by atoms with Gasteiger partial charge in [-0.15, -0.1) is 5.10 Å². The van der Waals surface area contributed by atoms with Crippen LogP contribution in [-0.2, 0) is 4.79 Å².